The van der Waals surface area contributed by atoms with Crippen molar-refractivity contribution in [1.82, 2.24) is 15.5 Å². The van der Waals surface area contributed by atoms with Crippen LogP contribution in [0.2, 0.25) is 0 Å². The van der Waals surface area contributed by atoms with Crippen LogP contribution >= 0.6 is 0 Å². The van der Waals surface area contributed by atoms with Crippen LogP contribution in [0.4, 0.5) is 0 Å². The van der Waals surface area contributed by atoms with Crippen LogP contribution < -0.4 is 5.32 Å². The van der Waals surface area contributed by atoms with Gasteiger partial charge in [-0.15, -0.1) is 0 Å². The van der Waals surface area contributed by atoms with Crippen molar-refractivity contribution in [3.05, 3.63) is 17.5 Å². The Balaban J connectivity index is 2.13. The molecule has 0 unspecified atom stereocenters. The molecule has 1 aliphatic carbocycles. The van der Waals surface area contributed by atoms with Crippen molar-refractivity contribution in [2.75, 3.05) is 7.05 Å². The number of nitrogens with one attached hydrogen (secondary N) is 2. The maximum absolute atomic E-state index is 4.12. The van der Waals surface area contributed by atoms with Gasteiger partial charge in [0, 0.05) is 23.7 Å². The van der Waals surface area contributed by atoms with Gasteiger partial charge in [-0.3, -0.25) is 5.10 Å². The molecule has 3 nitrogen and oxygen atoms in total. The Morgan fingerprint density at radius 2 is 2.31 bits per heavy atom. The van der Waals surface area contributed by atoms with Gasteiger partial charge in [-0.1, -0.05) is 12.8 Å². The average molecular weight is 179 g/mol. The summed E-state index contributed by atoms with van der Waals surface area (Å²) >= 11 is 0. The highest BCUT2D eigenvalue weighted by Crippen LogP contribution is 2.34. The van der Waals surface area contributed by atoms with Crippen molar-refractivity contribution in [3.8, 4) is 0 Å². The van der Waals surface area contributed by atoms with Gasteiger partial charge in [0.05, 0.1) is 6.20 Å². The molecule has 3 heteroatoms. The third-order valence-electron chi connectivity index (χ3n) is 2.88. The quantitative estimate of drug-likeness (QED) is 0.742. The molecule has 0 atom stereocenters. The average Bonchev–Trinajstić information content (AvgIpc) is 2.71. The van der Waals surface area contributed by atoms with E-state index in [4.69, 9.17) is 0 Å². The summed E-state index contributed by atoms with van der Waals surface area (Å²) in [6.07, 6.45) is 7.37. The molecular formula is C10H17N3. The fourth-order valence-corrected chi connectivity index (χ4v) is 2.22. The van der Waals surface area contributed by atoms with E-state index in [2.05, 4.69) is 15.5 Å². The molecule has 1 aromatic rings. The molecule has 0 spiro atoms. The maximum atomic E-state index is 4.12. The first-order valence-corrected chi connectivity index (χ1v) is 5.08. The Bertz CT molecular complexity index is 261. The van der Waals surface area contributed by atoms with Crippen molar-refractivity contribution < 1.29 is 0 Å². The number of rotatable bonds is 3. The lowest BCUT2D eigenvalue weighted by Crippen LogP contribution is -2.07. The summed E-state index contributed by atoms with van der Waals surface area (Å²) in [7, 11) is 1.98. The molecule has 0 amide bonds. The summed E-state index contributed by atoms with van der Waals surface area (Å²) in [4.78, 5) is 0. The van der Waals surface area contributed by atoms with Crippen molar-refractivity contribution in [3.63, 3.8) is 0 Å². The Morgan fingerprint density at radius 1 is 1.54 bits per heavy atom. The lowest BCUT2D eigenvalue weighted by molar-refractivity contribution is 0.675. The van der Waals surface area contributed by atoms with Gasteiger partial charge in [-0.2, -0.15) is 5.10 Å². The van der Waals surface area contributed by atoms with Crippen LogP contribution in [0, 0.1) is 0 Å². The van der Waals surface area contributed by atoms with E-state index in [1.807, 2.05) is 13.2 Å². The predicted molar refractivity (Wildman–Crippen MR) is 52.6 cm³/mol. The lowest BCUT2D eigenvalue weighted by Gasteiger charge is -2.08. The first kappa shape index (κ1) is 8.75. The zero-order valence-electron chi connectivity index (χ0n) is 8.14. The van der Waals surface area contributed by atoms with Crippen molar-refractivity contribution in [1.29, 1.82) is 0 Å². The van der Waals surface area contributed by atoms with E-state index in [0.717, 1.165) is 12.5 Å². The second-order valence-electron chi connectivity index (χ2n) is 3.82. The summed E-state index contributed by atoms with van der Waals surface area (Å²) in [5.41, 5.74) is 2.71. The fraction of sp³-hybridized carbons (Fsp3) is 0.700. The summed E-state index contributed by atoms with van der Waals surface area (Å²) in [5.74, 6) is 0.742. The van der Waals surface area contributed by atoms with Crippen LogP contribution in [0.1, 0.15) is 42.9 Å². The second kappa shape index (κ2) is 3.92. The second-order valence-corrected chi connectivity index (χ2v) is 3.82. The lowest BCUT2D eigenvalue weighted by atomic mass is 10.0. The monoisotopic (exact) mass is 179 g/mol. The number of aromatic amines is 1. The molecule has 0 aliphatic heterocycles. The van der Waals surface area contributed by atoms with E-state index in [1.54, 1.807) is 0 Å². The minimum Gasteiger partial charge on any atom is -0.316 e. The normalized spacial score (nSPS) is 18.2. The van der Waals surface area contributed by atoms with Gasteiger partial charge in [-0.05, 0) is 19.9 Å². The van der Waals surface area contributed by atoms with Gasteiger partial charge < -0.3 is 5.32 Å². The molecule has 0 bridgehead atoms. The fourth-order valence-electron chi connectivity index (χ4n) is 2.22. The molecule has 0 radical (unpaired) electrons. The molecule has 0 saturated heterocycles. The summed E-state index contributed by atoms with van der Waals surface area (Å²) in [6, 6.07) is 0. The highest BCUT2D eigenvalue weighted by atomic mass is 15.1. The van der Waals surface area contributed by atoms with E-state index in [-0.39, 0.29) is 0 Å². The van der Waals surface area contributed by atoms with Gasteiger partial charge in [0.15, 0.2) is 0 Å². The Kier molecular flexibility index (Phi) is 2.64. The van der Waals surface area contributed by atoms with Crippen LogP contribution in [0.15, 0.2) is 6.20 Å². The van der Waals surface area contributed by atoms with Crippen LogP contribution in [-0.2, 0) is 6.54 Å². The van der Waals surface area contributed by atoms with Crippen LogP contribution in [0.5, 0.6) is 0 Å². The van der Waals surface area contributed by atoms with Crippen LogP contribution in [0.25, 0.3) is 0 Å². The number of aromatic nitrogens is 2. The number of nitrogens with zero attached hydrogens (tertiary/aromatic N) is 1. The molecule has 1 aromatic heterocycles. The Hall–Kier alpha value is -0.830. The third-order valence-corrected chi connectivity index (χ3v) is 2.88. The Labute approximate surface area is 78.9 Å². The topological polar surface area (TPSA) is 40.7 Å². The highest BCUT2D eigenvalue weighted by Gasteiger charge is 2.20. The standard InChI is InChI=1S/C10H17N3/c1-11-6-9-7-12-13-10(9)8-4-2-3-5-8/h7-8,11H,2-6H2,1H3,(H,12,13). The van der Waals surface area contributed by atoms with Crippen LogP contribution in [0.3, 0.4) is 0 Å². The summed E-state index contributed by atoms with van der Waals surface area (Å²) < 4.78 is 0. The van der Waals surface area contributed by atoms with Gasteiger partial charge in [0.2, 0.25) is 0 Å². The zero-order chi connectivity index (χ0) is 9.10. The maximum Gasteiger partial charge on any atom is 0.0535 e. The number of hydrogen-bond acceptors (Lipinski definition) is 2. The summed E-state index contributed by atoms with van der Waals surface area (Å²) in [6.45, 7) is 0.933. The van der Waals surface area contributed by atoms with Gasteiger partial charge >= 0.3 is 0 Å². The van der Waals surface area contributed by atoms with Gasteiger partial charge in [0.1, 0.15) is 0 Å². The molecule has 1 heterocycles. The molecule has 2 rings (SSSR count). The molecule has 1 aliphatic rings. The van der Waals surface area contributed by atoms with E-state index >= 15 is 0 Å². The minimum atomic E-state index is 0.742. The summed E-state index contributed by atoms with van der Waals surface area (Å²) in [5, 5.41) is 10.4. The molecular weight excluding hydrogens is 162 g/mol. The largest absolute Gasteiger partial charge is 0.316 e. The number of H-pyrrole nitrogens is 1. The zero-order valence-corrected chi connectivity index (χ0v) is 8.14. The molecule has 2 N–H and O–H groups in total. The number of hydrogen-bond donors (Lipinski definition) is 2. The van der Waals surface area contributed by atoms with E-state index < -0.39 is 0 Å². The van der Waals surface area contributed by atoms with E-state index in [9.17, 15) is 0 Å². The molecule has 1 fully saturated rings. The first-order valence-electron chi connectivity index (χ1n) is 5.08. The highest BCUT2D eigenvalue weighted by molar-refractivity contribution is 5.21. The van der Waals surface area contributed by atoms with Crippen molar-refractivity contribution in [2.45, 2.75) is 38.1 Å². The molecule has 13 heavy (non-hydrogen) atoms. The van der Waals surface area contributed by atoms with E-state index in [0.29, 0.717) is 0 Å². The van der Waals surface area contributed by atoms with Gasteiger partial charge in [0.25, 0.3) is 0 Å². The molecule has 72 valence electrons. The van der Waals surface area contributed by atoms with E-state index in [1.165, 1.54) is 36.9 Å². The minimum absolute atomic E-state index is 0.742. The third kappa shape index (κ3) is 1.75. The van der Waals surface area contributed by atoms with Crippen molar-refractivity contribution in [2.24, 2.45) is 0 Å². The Morgan fingerprint density at radius 3 is 3.00 bits per heavy atom. The predicted octanol–water partition coefficient (Wildman–Crippen LogP) is 1.79. The van der Waals surface area contributed by atoms with Gasteiger partial charge in [-0.25, -0.2) is 0 Å². The van der Waals surface area contributed by atoms with Crippen LogP contribution in [-0.4, -0.2) is 17.2 Å². The first-order chi connectivity index (χ1) is 6.42. The molecule has 1 saturated carbocycles. The smallest absolute Gasteiger partial charge is 0.0535 e. The SMILES string of the molecule is CNCc1cn[nH]c1C1CCCC1. The van der Waals surface area contributed by atoms with Crippen molar-refractivity contribution >= 4 is 0 Å². The molecule has 0 aromatic carbocycles.